The molecule has 6 heteroatoms. The van der Waals surface area contributed by atoms with Crippen molar-refractivity contribution in [1.82, 2.24) is 9.97 Å². The molecule has 0 radical (unpaired) electrons. The Morgan fingerprint density at radius 1 is 1.56 bits per heavy atom. The molecule has 0 fully saturated rings. The molecule has 0 aliphatic carbocycles. The first-order valence-electron chi connectivity index (χ1n) is 5.61. The lowest BCUT2D eigenvalue weighted by molar-refractivity contribution is 0.443. The van der Waals surface area contributed by atoms with Gasteiger partial charge in [-0.3, -0.25) is 4.79 Å². The highest BCUT2D eigenvalue weighted by Crippen LogP contribution is 2.32. The van der Waals surface area contributed by atoms with Gasteiger partial charge in [-0.2, -0.15) is 4.98 Å². The number of aromatic hydroxyl groups is 1. The minimum Gasteiger partial charge on any atom is -0.493 e. The topological polar surface area (TPSA) is 66.0 Å². The summed E-state index contributed by atoms with van der Waals surface area (Å²) in [5, 5.41) is 9.80. The number of hydrogen-bond acceptors (Lipinski definition) is 4. The molecule has 0 atom stereocenters. The molecule has 2 aromatic heterocycles. The van der Waals surface area contributed by atoms with Crippen LogP contribution in [0, 0.1) is 6.92 Å². The van der Waals surface area contributed by atoms with Crippen LogP contribution >= 0.6 is 27.3 Å². The van der Waals surface area contributed by atoms with Crippen LogP contribution < -0.4 is 5.56 Å². The Morgan fingerprint density at radius 3 is 2.78 bits per heavy atom. The number of hydrogen-bond donors (Lipinski definition) is 2. The van der Waals surface area contributed by atoms with Gasteiger partial charge < -0.3 is 10.1 Å². The maximum absolute atomic E-state index is 11.9. The summed E-state index contributed by atoms with van der Waals surface area (Å²) in [6.45, 7) is 3.92. The van der Waals surface area contributed by atoms with Gasteiger partial charge in [0.25, 0.3) is 5.56 Å². The minimum atomic E-state index is -0.262. The first kappa shape index (κ1) is 13.3. The fraction of sp³-hybridized carbons (Fsp3) is 0.333. The standard InChI is InChI=1S/C12H13BrN2O2S/c1-3-4-7-11(16)14-10(15-12(7)17)9-5-8(13)6(2)18-9/h5H,3-4H2,1-2H3,(H2,14,15,16,17). The van der Waals surface area contributed by atoms with Crippen molar-refractivity contribution in [1.29, 1.82) is 0 Å². The normalized spacial score (nSPS) is 10.8. The second kappa shape index (κ2) is 5.24. The van der Waals surface area contributed by atoms with E-state index in [-0.39, 0.29) is 11.4 Å². The summed E-state index contributed by atoms with van der Waals surface area (Å²) < 4.78 is 0.974. The van der Waals surface area contributed by atoms with Gasteiger partial charge in [-0.25, -0.2) is 0 Å². The molecule has 0 saturated carbocycles. The van der Waals surface area contributed by atoms with E-state index in [0.29, 0.717) is 17.8 Å². The van der Waals surface area contributed by atoms with E-state index in [2.05, 4.69) is 25.9 Å². The average molecular weight is 329 g/mol. The van der Waals surface area contributed by atoms with Gasteiger partial charge in [0.2, 0.25) is 5.88 Å². The van der Waals surface area contributed by atoms with Gasteiger partial charge in [-0.05, 0) is 35.3 Å². The molecule has 0 aliphatic heterocycles. The van der Waals surface area contributed by atoms with Crippen LogP contribution in [0.25, 0.3) is 10.7 Å². The first-order chi connectivity index (χ1) is 8.52. The highest BCUT2D eigenvalue weighted by atomic mass is 79.9. The predicted molar refractivity (Wildman–Crippen MR) is 76.3 cm³/mol. The highest BCUT2D eigenvalue weighted by Gasteiger charge is 2.13. The second-order valence-electron chi connectivity index (χ2n) is 3.98. The maximum atomic E-state index is 11.9. The second-order valence-corrected chi connectivity index (χ2v) is 6.09. The quantitative estimate of drug-likeness (QED) is 0.909. The fourth-order valence-electron chi connectivity index (χ4n) is 1.65. The number of nitrogens with zero attached hydrogens (tertiary/aromatic N) is 1. The Balaban J connectivity index is 2.51. The van der Waals surface area contributed by atoms with Crippen LogP contribution in [-0.2, 0) is 6.42 Å². The molecule has 0 bridgehead atoms. The summed E-state index contributed by atoms with van der Waals surface area (Å²) in [7, 11) is 0. The average Bonchev–Trinajstić information content (AvgIpc) is 2.64. The van der Waals surface area contributed by atoms with Crippen LogP contribution in [0.15, 0.2) is 15.3 Å². The Morgan fingerprint density at radius 2 is 2.28 bits per heavy atom. The molecular formula is C12H13BrN2O2S. The fourth-order valence-corrected chi connectivity index (χ4v) is 3.13. The number of halogens is 1. The Labute approximate surface area is 117 Å². The van der Waals surface area contributed by atoms with Crippen molar-refractivity contribution in [3.63, 3.8) is 0 Å². The molecule has 2 rings (SSSR count). The summed E-state index contributed by atoms with van der Waals surface area (Å²) >= 11 is 4.93. The number of H-pyrrole nitrogens is 1. The summed E-state index contributed by atoms with van der Waals surface area (Å²) in [6.07, 6.45) is 1.32. The number of aryl methyl sites for hydroxylation is 1. The van der Waals surface area contributed by atoms with Gasteiger partial charge in [0.05, 0.1) is 10.4 Å². The maximum Gasteiger partial charge on any atom is 0.258 e. The zero-order valence-corrected chi connectivity index (χ0v) is 12.5. The molecule has 0 unspecified atom stereocenters. The van der Waals surface area contributed by atoms with Crippen LogP contribution in [-0.4, -0.2) is 15.1 Å². The molecular weight excluding hydrogens is 316 g/mol. The van der Waals surface area contributed by atoms with Crippen LogP contribution in [0.3, 0.4) is 0 Å². The zero-order valence-electron chi connectivity index (χ0n) is 10.1. The lowest BCUT2D eigenvalue weighted by Gasteiger charge is -2.03. The highest BCUT2D eigenvalue weighted by molar-refractivity contribution is 9.10. The number of nitrogens with one attached hydrogen (secondary N) is 1. The first-order valence-corrected chi connectivity index (χ1v) is 7.22. The van der Waals surface area contributed by atoms with Gasteiger partial charge in [0, 0.05) is 9.35 Å². The largest absolute Gasteiger partial charge is 0.493 e. The van der Waals surface area contributed by atoms with Gasteiger partial charge in [-0.15, -0.1) is 11.3 Å². The van der Waals surface area contributed by atoms with E-state index < -0.39 is 0 Å². The van der Waals surface area contributed by atoms with Crippen LogP contribution in [0.5, 0.6) is 5.88 Å². The lowest BCUT2D eigenvalue weighted by Crippen LogP contribution is -2.14. The number of aromatic nitrogens is 2. The molecule has 0 amide bonds. The van der Waals surface area contributed by atoms with Crippen LogP contribution in [0.2, 0.25) is 0 Å². The van der Waals surface area contributed by atoms with E-state index in [1.165, 1.54) is 11.3 Å². The van der Waals surface area contributed by atoms with Crippen LogP contribution in [0.4, 0.5) is 0 Å². The van der Waals surface area contributed by atoms with Crippen molar-refractivity contribution >= 4 is 27.3 Å². The monoisotopic (exact) mass is 328 g/mol. The molecule has 0 saturated heterocycles. The molecule has 2 N–H and O–H groups in total. The van der Waals surface area contributed by atoms with Crippen molar-refractivity contribution in [3.05, 3.63) is 31.3 Å². The van der Waals surface area contributed by atoms with Gasteiger partial charge in [0.1, 0.15) is 0 Å². The Kier molecular flexibility index (Phi) is 3.87. The predicted octanol–water partition coefficient (Wildman–Crippen LogP) is 3.23. The van der Waals surface area contributed by atoms with E-state index in [4.69, 9.17) is 0 Å². The number of aromatic amines is 1. The van der Waals surface area contributed by atoms with Crippen molar-refractivity contribution in [2.45, 2.75) is 26.7 Å². The molecule has 2 aromatic rings. The third kappa shape index (κ3) is 2.49. The van der Waals surface area contributed by atoms with Crippen molar-refractivity contribution in [3.8, 4) is 16.6 Å². The van der Waals surface area contributed by atoms with E-state index in [1.54, 1.807) is 0 Å². The molecule has 0 aliphatic rings. The van der Waals surface area contributed by atoms with E-state index in [1.807, 2.05) is 19.9 Å². The van der Waals surface area contributed by atoms with E-state index in [0.717, 1.165) is 20.6 Å². The third-order valence-electron chi connectivity index (χ3n) is 2.58. The van der Waals surface area contributed by atoms with Crippen molar-refractivity contribution in [2.24, 2.45) is 0 Å². The molecule has 2 heterocycles. The van der Waals surface area contributed by atoms with Gasteiger partial charge in [0.15, 0.2) is 5.82 Å². The van der Waals surface area contributed by atoms with Crippen molar-refractivity contribution < 1.29 is 5.11 Å². The molecule has 0 spiro atoms. The minimum absolute atomic E-state index is 0.169. The summed E-state index contributed by atoms with van der Waals surface area (Å²) in [6, 6.07) is 1.89. The summed E-state index contributed by atoms with van der Waals surface area (Å²) in [5.41, 5.74) is 0.0927. The summed E-state index contributed by atoms with van der Waals surface area (Å²) in [4.78, 5) is 20.6. The lowest BCUT2D eigenvalue weighted by atomic mass is 10.2. The molecule has 18 heavy (non-hydrogen) atoms. The van der Waals surface area contributed by atoms with Gasteiger partial charge in [-0.1, -0.05) is 13.3 Å². The molecule has 4 nitrogen and oxygen atoms in total. The number of rotatable bonds is 3. The summed E-state index contributed by atoms with van der Waals surface area (Å²) in [5.74, 6) is 0.244. The van der Waals surface area contributed by atoms with Crippen molar-refractivity contribution in [2.75, 3.05) is 0 Å². The SMILES string of the molecule is CCCc1c(O)nc(-c2cc(Br)c(C)s2)[nH]c1=O. The van der Waals surface area contributed by atoms with E-state index >= 15 is 0 Å². The van der Waals surface area contributed by atoms with E-state index in [9.17, 15) is 9.90 Å². The van der Waals surface area contributed by atoms with Gasteiger partial charge >= 0.3 is 0 Å². The Bertz CT molecular complexity index is 614. The number of thiophene rings is 1. The smallest absolute Gasteiger partial charge is 0.258 e. The zero-order chi connectivity index (χ0) is 13.3. The van der Waals surface area contributed by atoms with Crippen LogP contribution in [0.1, 0.15) is 23.8 Å². The third-order valence-corrected chi connectivity index (χ3v) is 4.73. The molecule has 96 valence electrons. The molecule has 0 aromatic carbocycles. The Hall–Kier alpha value is -1.14.